The molecule has 0 radical (unpaired) electrons. The van der Waals surface area contributed by atoms with Crippen LogP contribution in [0.2, 0.25) is 0 Å². The molecule has 0 saturated carbocycles. The molecule has 0 fully saturated rings. The maximum atomic E-state index is 13.0. The fourth-order valence-electron chi connectivity index (χ4n) is 1.69. The minimum absolute atomic E-state index is 0.225. The molecule has 2 nitrogen and oxygen atoms in total. The summed E-state index contributed by atoms with van der Waals surface area (Å²) < 4.78 is 13.0. The molecule has 2 aromatic carbocycles. The largest absolute Gasteiger partial charge is 0.399 e. The molecular weight excluding hydrogens is 215 g/mol. The molecule has 0 aliphatic carbocycles. The predicted octanol–water partition coefficient (Wildman–Crippen LogP) is 3.77. The maximum Gasteiger partial charge on any atom is 0.123 e. The van der Waals surface area contributed by atoms with E-state index in [1.165, 1.54) is 12.1 Å². The first kappa shape index (κ1) is 11.5. The first-order chi connectivity index (χ1) is 8.06. The highest BCUT2D eigenvalue weighted by atomic mass is 19.1. The van der Waals surface area contributed by atoms with Gasteiger partial charge in [0.1, 0.15) is 5.82 Å². The van der Waals surface area contributed by atoms with Crippen molar-refractivity contribution < 1.29 is 4.39 Å². The number of halogens is 1. The van der Waals surface area contributed by atoms with E-state index in [1.54, 1.807) is 6.07 Å². The molecule has 2 rings (SSSR count). The minimum Gasteiger partial charge on any atom is -0.399 e. The van der Waals surface area contributed by atoms with Crippen LogP contribution in [0.4, 0.5) is 21.5 Å². The Hall–Kier alpha value is -2.03. The Morgan fingerprint density at radius 2 is 1.71 bits per heavy atom. The van der Waals surface area contributed by atoms with Gasteiger partial charge in [-0.2, -0.15) is 0 Å². The van der Waals surface area contributed by atoms with Crippen LogP contribution in [-0.2, 0) is 0 Å². The van der Waals surface area contributed by atoms with Crippen LogP contribution in [0, 0.1) is 19.7 Å². The quantitative estimate of drug-likeness (QED) is 0.771. The van der Waals surface area contributed by atoms with Crippen molar-refractivity contribution in [2.75, 3.05) is 11.1 Å². The number of hydrogen-bond donors (Lipinski definition) is 2. The molecule has 0 heterocycles. The van der Waals surface area contributed by atoms with Crippen LogP contribution in [0.5, 0.6) is 0 Å². The molecule has 0 aliphatic heterocycles. The van der Waals surface area contributed by atoms with Crippen LogP contribution in [0.25, 0.3) is 0 Å². The number of nitrogen functional groups attached to an aromatic ring is 1. The van der Waals surface area contributed by atoms with E-state index in [2.05, 4.69) is 5.32 Å². The summed E-state index contributed by atoms with van der Waals surface area (Å²) in [6.45, 7) is 3.87. The van der Waals surface area contributed by atoms with Gasteiger partial charge in [-0.05, 0) is 55.3 Å². The summed E-state index contributed by atoms with van der Waals surface area (Å²) in [6, 6.07) is 10.4. The van der Waals surface area contributed by atoms with Gasteiger partial charge in [-0.15, -0.1) is 0 Å². The number of rotatable bonds is 2. The molecule has 0 saturated heterocycles. The number of nitrogens with one attached hydrogen (secondary N) is 1. The fraction of sp³-hybridized carbons (Fsp3) is 0.143. The van der Waals surface area contributed by atoms with E-state index in [4.69, 9.17) is 5.73 Å². The lowest BCUT2D eigenvalue weighted by Gasteiger charge is -2.12. The molecule has 0 atom stereocenters. The second kappa shape index (κ2) is 4.45. The van der Waals surface area contributed by atoms with Crippen LogP contribution >= 0.6 is 0 Å². The van der Waals surface area contributed by atoms with Gasteiger partial charge in [0.05, 0.1) is 0 Å². The molecule has 0 aromatic heterocycles. The first-order valence-corrected chi connectivity index (χ1v) is 5.45. The molecule has 0 unspecified atom stereocenters. The highest BCUT2D eigenvalue weighted by molar-refractivity contribution is 5.68. The van der Waals surface area contributed by atoms with E-state index in [-0.39, 0.29) is 5.82 Å². The van der Waals surface area contributed by atoms with Gasteiger partial charge in [0.15, 0.2) is 0 Å². The molecule has 0 spiro atoms. The molecule has 3 N–H and O–H groups in total. The van der Waals surface area contributed by atoms with Crippen molar-refractivity contribution in [1.29, 1.82) is 0 Å². The van der Waals surface area contributed by atoms with Crippen molar-refractivity contribution in [3.05, 3.63) is 53.3 Å². The molecule has 2 aromatic rings. The average Bonchev–Trinajstić information content (AvgIpc) is 2.27. The zero-order valence-electron chi connectivity index (χ0n) is 9.92. The summed E-state index contributed by atoms with van der Waals surface area (Å²) in [4.78, 5) is 0. The molecule has 0 bridgehead atoms. The molecule has 17 heavy (non-hydrogen) atoms. The molecule has 88 valence electrons. The topological polar surface area (TPSA) is 38.0 Å². The van der Waals surface area contributed by atoms with Crippen molar-refractivity contribution in [2.24, 2.45) is 0 Å². The normalized spacial score (nSPS) is 10.3. The van der Waals surface area contributed by atoms with E-state index in [9.17, 15) is 4.39 Å². The summed E-state index contributed by atoms with van der Waals surface area (Å²) >= 11 is 0. The lowest BCUT2D eigenvalue weighted by Crippen LogP contribution is -1.97. The highest BCUT2D eigenvalue weighted by Gasteiger charge is 2.03. The molecule has 0 amide bonds. The summed E-state index contributed by atoms with van der Waals surface area (Å²) in [6.07, 6.45) is 0. The zero-order valence-corrected chi connectivity index (χ0v) is 9.92. The second-order valence-corrected chi connectivity index (χ2v) is 4.16. The Bertz CT molecular complexity index is 550. The van der Waals surface area contributed by atoms with Crippen LogP contribution in [0.3, 0.4) is 0 Å². The third-order valence-electron chi connectivity index (χ3n) is 2.72. The minimum atomic E-state index is -0.225. The van der Waals surface area contributed by atoms with Crippen LogP contribution in [0.1, 0.15) is 11.1 Å². The summed E-state index contributed by atoms with van der Waals surface area (Å²) in [5.74, 6) is -0.225. The van der Waals surface area contributed by atoms with E-state index in [0.29, 0.717) is 5.69 Å². The van der Waals surface area contributed by atoms with Crippen molar-refractivity contribution in [2.45, 2.75) is 13.8 Å². The Kier molecular flexibility index (Phi) is 3.00. The van der Waals surface area contributed by atoms with Crippen molar-refractivity contribution in [1.82, 2.24) is 0 Å². The smallest absolute Gasteiger partial charge is 0.123 e. The van der Waals surface area contributed by atoms with Gasteiger partial charge >= 0.3 is 0 Å². The maximum absolute atomic E-state index is 13.0. The predicted molar refractivity (Wildman–Crippen MR) is 70.0 cm³/mol. The Morgan fingerprint density at radius 3 is 2.41 bits per heavy atom. The van der Waals surface area contributed by atoms with E-state index in [1.807, 2.05) is 32.0 Å². The Morgan fingerprint density at radius 1 is 0.941 bits per heavy atom. The monoisotopic (exact) mass is 230 g/mol. The third-order valence-corrected chi connectivity index (χ3v) is 2.72. The van der Waals surface area contributed by atoms with Crippen LogP contribution in [-0.4, -0.2) is 0 Å². The standard InChI is InChI=1S/C14H15FN2/c1-9-3-5-12(16)8-14(9)17-13-6-4-11(15)7-10(13)2/h3-8,17H,16H2,1-2H3. The average molecular weight is 230 g/mol. The highest BCUT2D eigenvalue weighted by Crippen LogP contribution is 2.25. The van der Waals surface area contributed by atoms with Crippen molar-refractivity contribution >= 4 is 17.1 Å². The number of aryl methyl sites for hydroxylation is 2. The first-order valence-electron chi connectivity index (χ1n) is 5.45. The zero-order chi connectivity index (χ0) is 12.4. The Balaban J connectivity index is 2.34. The number of hydrogen-bond acceptors (Lipinski definition) is 2. The lowest BCUT2D eigenvalue weighted by atomic mass is 10.1. The molecule has 0 aliphatic rings. The molecular formula is C14H15FN2. The van der Waals surface area contributed by atoms with Gasteiger partial charge in [-0.3, -0.25) is 0 Å². The van der Waals surface area contributed by atoms with Gasteiger partial charge in [-0.1, -0.05) is 6.07 Å². The van der Waals surface area contributed by atoms with E-state index in [0.717, 1.165) is 22.5 Å². The van der Waals surface area contributed by atoms with Crippen LogP contribution in [0.15, 0.2) is 36.4 Å². The summed E-state index contributed by atoms with van der Waals surface area (Å²) in [5.41, 5.74) is 10.3. The molecule has 3 heteroatoms. The number of nitrogens with two attached hydrogens (primary N) is 1. The van der Waals surface area contributed by atoms with Crippen LogP contribution < -0.4 is 11.1 Å². The lowest BCUT2D eigenvalue weighted by molar-refractivity contribution is 0.627. The fourth-order valence-corrected chi connectivity index (χ4v) is 1.69. The van der Waals surface area contributed by atoms with E-state index < -0.39 is 0 Å². The van der Waals surface area contributed by atoms with Gasteiger partial charge in [0.25, 0.3) is 0 Å². The SMILES string of the molecule is Cc1cc(F)ccc1Nc1cc(N)ccc1C. The van der Waals surface area contributed by atoms with Crippen molar-refractivity contribution in [3.8, 4) is 0 Å². The van der Waals surface area contributed by atoms with Gasteiger partial charge in [0.2, 0.25) is 0 Å². The van der Waals surface area contributed by atoms with E-state index >= 15 is 0 Å². The summed E-state index contributed by atoms with van der Waals surface area (Å²) in [5, 5.41) is 3.26. The Labute approximate surface area is 100 Å². The second-order valence-electron chi connectivity index (χ2n) is 4.16. The van der Waals surface area contributed by atoms with Gasteiger partial charge < -0.3 is 11.1 Å². The third kappa shape index (κ3) is 2.56. The number of anilines is 3. The van der Waals surface area contributed by atoms with Gasteiger partial charge in [-0.25, -0.2) is 4.39 Å². The van der Waals surface area contributed by atoms with Crippen molar-refractivity contribution in [3.63, 3.8) is 0 Å². The number of benzene rings is 2. The summed E-state index contributed by atoms with van der Waals surface area (Å²) in [7, 11) is 0. The van der Waals surface area contributed by atoms with Gasteiger partial charge in [0, 0.05) is 17.1 Å².